The van der Waals surface area contributed by atoms with Crippen LogP contribution < -0.4 is 5.32 Å². The molecule has 0 bridgehead atoms. The molecule has 94 valence electrons. The Morgan fingerprint density at radius 3 is 2.61 bits per heavy atom. The van der Waals surface area contributed by atoms with E-state index in [0.29, 0.717) is 18.8 Å². The summed E-state index contributed by atoms with van der Waals surface area (Å²) in [6.45, 7) is 0.977. The van der Waals surface area contributed by atoms with Crippen molar-refractivity contribution in [3.8, 4) is 5.75 Å². The van der Waals surface area contributed by atoms with E-state index in [2.05, 4.69) is 10.5 Å². The average molecular weight is 248 g/mol. The molecule has 1 aromatic heterocycles. The summed E-state index contributed by atoms with van der Waals surface area (Å²) in [6.07, 6.45) is 0. The Hall–Kier alpha value is -2.34. The third-order valence-electron chi connectivity index (χ3n) is 2.34. The molecular formula is C12H12N2O4. The van der Waals surface area contributed by atoms with E-state index in [1.165, 1.54) is 6.07 Å². The number of aromatic hydroxyl groups is 1. The van der Waals surface area contributed by atoms with Crippen molar-refractivity contribution in [3.05, 3.63) is 47.3 Å². The quantitative estimate of drug-likeness (QED) is 0.739. The minimum absolute atomic E-state index is 0.101. The highest BCUT2D eigenvalue weighted by Crippen LogP contribution is 2.09. The molecule has 6 nitrogen and oxygen atoms in total. The number of benzene rings is 1. The van der Waals surface area contributed by atoms with E-state index in [0.717, 1.165) is 5.56 Å². The summed E-state index contributed by atoms with van der Waals surface area (Å²) in [6, 6.07) is 8.19. The molecule has 0 amide bonds. The molecule has 0 aliphatic heterocycles. The van der Waals surface area contributed by atoms with E-state index in [9.17, 15) is 4.79 Å². The van der Waals surface area contributed by atoms with E-state index >= 15 is 0 Å². The number of phenolic OH excluding ortho intramolecular Hbond substituents is 1. The molecule has 0 atom stereocenters. The van der Waals surface area contributed by atoms with Gasteiger partial charge in [-0.2, -0.15) is 0 Å². The van der Waals surface area contributed by atoms with E-state index in [4.69, 9.17) is 14.7 Å². The molecule has 1 heterocycles. The van der Waals surface area contributed by atoms with Crippen LogP contribution >= 0.6 is 0 Å². The zero-order valence-electron chi connectivity index (χ0n) is 9.46. The van der Waals surface area contributed by atoms with Crippen molar-refractivity contribution in [2.75, 3.05) is 0 Å². The maximum atomic E-state index is 10.6. The van der Waals surface area contributed by atoms with E-state index in [-0.39, 0.29) is 11.4 Å². The van der Waals surface area contributed by atoms with Crippen LogP contribution in [0.5, 0.6) is 5.75 Å². The average Bonchev–Trinajstić information content (AvgIpc) is 2.81. The maximum Gasteiger partial charge on any atom is 0.358 e. The SMILES string of the molecule is O=C(O)c1cc(CNCc2ccc(O)cc2)on1. The van der Waals surface area contributed by atoms with Gasteiger partial charge < -0.3 is 20.1 Å². The Morgan fingerprint density at radius 2 is 2.00 bits per heavy atom. The number of phenols is 1. The lowest BCUT2D eigenvalue weighted by atomic mass is 10.2. The minimum atomic E-state index is -1.11. The number of hydrogen-bond donors (Lipinski definition) is 3. The predicted octanol–water partition coefficient (Wildman–Crippen LogP) is 1.37. The topological polar surface area (TPSA) is 95.6 Å². The monoisotopic (exact) mass is 248 g/mol. The molecule has 3 N–H and O–H groups in total. The fourth-order valence-corrected chi connectivity index (χ4v) is 1.44. The van der Waals surface area contributed by atoms with Gasteiger partial charge in [0, 0.05) is 12.6 Å². The fraction of sp³-hybridized carbons (Fsp3) is 0.167. The molecule has 0 aliphatic carbocycles. The molecule has 0 saturated carbocycles. The number of carboxylic acid groups (broad SMARTS) is 1. The zero-order valence-corrected chi connectivity index (χ0v) is 9.46. The number of hydrogen-bond acceptors (Lipinski definition) is 5. The lowest BCUT2D eigenvalue weighted by Crippen LogP contribution is -2.12. The highest BCUT2D eigenvalue weighted by molar-refractivity contribution is 5.85. The van der Waals surface area contributed by atoms with Gasteiger partial charge in [0.25, 0.3) is 0 Å². The first-order chi connectivity index (χ1) is 8.65. The Morgan fingerprint density at radius 1 is 1.28 bits per heavy atom. The first kappa shape index (κ1) is 12.1. The second-order valence-electron chi connectivity index (χ2n) is 3.75. The summed E-state index contributed by atoms with van der Waals surface area (Å²) in [7, 11) is 0. The lowest BCUT2D eigenvalue weighted by molar-refractivity contribution is 0.0685. The molecule has 0 radical (unpaired) electrons. The second-order valence-corrected chi connectivity index (χ2v) is 3.75. The van der Waals surface area contributed by atoms with E-state index in [1.54, 1.807) is 24.3 Å². The molecule has 6 heteroatoms. The highest BCUT2D eigenvalue weighted by atomic mass is 16.5. The van der Waals surface area contributed by atoms with Crippen molar-refractivity contribution in [3.63, 3.8) is 0 Å². The molecule has 0 aliphatic rings. The highest BCUT2D eigenvalue weighted by Gasteiger charge is 2.09. The molecule has 0 fully saturated rings. The van der Waals surface area contributed by atoms with Gasteiger partial charge in [-0.05, 0) is 17.7 Å². The summed E-state index contributed by atoms with van der Waals surface area (Å²) in [4.78, 5) is 10.6. The van der Waals surface area contributed by atoms with Gasteiger partial charge in [0.1, 0.15) is 5.75 Å². The summed E-state index contributed by atoms with van der Waals surface area (Å²) in [5.74, 6) is -0.421. The third-order valence-corrected chi connectivity index (χ3v) is 2.34. The van der Waals surface area contributed by atoms with Gasteiger partial charge >= 0.3 is 5.97 Å². The number of rotatable bonds is 5. The third kappa shape index (κ3) is 3.08. The van der Waals surface area contributed by atoms with Gasteiger partial charge in [0.05, 0.1) is 6.54 Å². The van der Waals surface area contributed by atoms with E-state index < -0.39 is 5.97 Å². The van der Waals surface area contributed by atoms with Crippen molar-refractivity contribution in [2.45, 2.75) is 13.1 Å². The van der Waals surface area contributed by atoms with Crippen LogP contribution in [0.15, 0.2) is 34.9 Å². The number of aromatic nitrogens is 1. The van der Waals surface area contributed by atoms with Crippen molar-refractivity contribution < 1.29 is 19.5 Å². The van der Waals surface area contributed by atoms with Crippen LogP contribution in [0, 0.1) is 0 Å². The number of carboxylic acids is 1. The van der Waals surface area contributed by atoms with Gasteiger partial charge in [-0.15, -0.1) is 0 Å². The standard InChI is InChI=1S/C12H12N2O4/c15-9-3-1-8(2-4-9)6-13-7-10-5-11(12(16)17)14-18-10/h1-5,13,15H,6-7H2,(H,16,17). The Balaban J connectivity index is 1.84. The Labute approximate surface area is 103 Å². The van der Waals surface area contributed by atoms with Gasteiger partial charge in [0.15, 0.2) is 11.5 Å². The van der Waals surface area contributed by atoms with Gasteiger partial charge in [-0.25, -0.2) is 4.79 Å². The molecule has 18 heavy (non-hydrogen) atoms. The number of nitrogens with zero attached hydrogens (tertiary/aromatic N) is 1. The lowest BCUT2D eigenvalue weighted by Gasteiger charge is -2.02. The summed E-state index contributed by atoms with van der Waals surface area (Å²) >= 11 is 0. The predicted molar refractivity (Wildman–Crippen MR) is 62.1 cm³/mol. The van der Waals surface area contributed by atoms with Crippen molar-refractivity contribution in [1.29, 1.82) is 0 Å². The van der Waals surface area contributed by atoms with Gasteiger partial charge in [-0.1, -0.05) is 17.3 Å². The van der Waals surface area contributed by atoms with Crippen molar-refractivity contribution in [2.24, 2.45) is 0 Å². The number of carbonyl (C=O) groups is 1. The van der Waals surface area contributed by atoms with Crippen LogP contribution in [-0.4, -0.2) is 21.3 Å². The van der Waals surface area contributed by atoms with Crippen LogP contribution in [0.2, 0.25) is 0 Å². The van der Waals surface area contributed by atoms with Crippen molar-refractivity contribution >= 4 is 5.97 Å². The van der Waals surface area contributed by atoms with Crippen LogP contribution in [0.3, 0.4) is 0 Å². The second kappa shape index (κ2) is 5.33. The molecule has 2 aromatic rings. The fourth-order valence-electron chi connectivity index (χ4n) is 1.44. The van der Waals surface area contributed by atoms with Crippen LogP contribution in [0.25, 0.3) is 0 Å². The number of nitrogens with one attached hydrogen (secondary N) is 1. The first-order valence-corrected chi connectivity index (χ1v) is 5.32. The Kier molecular flexibility index (Phi) is 3.59. The first-order valence-electron chi connectivity index (χ1n) is 5.32. The maximum absolute atomic E-state index is 10.6. The molecule has 2 rings (SSSR count). The largest absolute Gasteiger partial charge is 0.508 e. The molecule has 0 unspecified atom stereocenters. The summed E-state index contributed by atoms with van der Waals surface area (Å²) < 4.78 is 4.85. The smallest absolute Gasteiger partial charge is 0.358 e. The van der Waals surface area contributed by atoms with Gasteiger partial charge in [0.2, 0.25) is 0 Å². The van der Waals surface area contributed by atoms with Crippen LogP contribution in [0.1, 0.15) is 21.8 Å². The molecule has 1 aromatic carbocycles. The van der Waals surface area contributed by atoms with Gasteiger partial charge in [-0.3, -0.25) is 0 Å². The normalized spacial score (nSPS) is 10.4. The van der Waals surface area contributed by atoms with E-state index in [1.807, 2.05) is 0 Å². The van der Waals surface area contributed by atoms with Crippen molar-refractivity contribution in [1.82, 2.24) is 10.5 Å². The molecule has 0 spiro atoms. The Bertz CT molecular complexity index is 533. The number of aromatic carboxylic acids is 1. The minimum Gasteiger partial charge on any atom is -0.508 e. The molecule has 0 saturated heterocycles. The van der Waals surface area contributed by atoms with Crippen LogP contribution in [0.4, 0.5) is 0 Å². The molecular weight excluding hydrogens is 236 g/mol. The summed E-state index contributed by atoms with van der Waals surface area (Å²) in [5.41, 5.74) is 0.905. The summed E-state index contributed by atoms with van der Waals surface area (Å²) in [5, 5.41) is 24.3. The van der Waals surface area contributed by atoms with Crippen LogP contribution in [-0.2, 0) is 13.1 Å². The zero-order chi connectivity index (χ0) is 13.0.